The molecule has 0 spiro atoms. The number of para-hydroxylation sites is 2. The quantitative estimate of drug-likeness (QED) is 0.132. The molecule has 0 saturated heterocycles. The smallest absolute Gasteiger partial charge is 0.186 e. The number of aliphatic imine (C=N–C) groups is 1. The molecule has 3 aromatic rings. The maximum atomic E-state index is 12.9. The SMILES string of the molecule is CNc1ccc(C(=O)Cn2c(/C(=N/O)C(N)=NCCC#N)nc3ccccc32)cc1. The van der Waals surface area contributed by atoms with Crippen LogP contribution in [-0.4, -0.2) is 45.7 Å². The molecule has 0 unspecified atom stereocenters. The van der Waals surface area contributed by atoms with Crippen LogP contribution in [0.2, 0.25) is 0 Å². The number of ketones is 1. The number of benzene rings is 2. The average molecular weight is 403 g/mol. The molecule has 1 aromatic heterocycles. The number of hydrogen-bond donors (Lipinski definition) is 3. The van der Waals surface area contributed by atoms with E-state index in [0.717, 1.165) is 5.69 Å². The Labute approximate surface area is 173 Å². The van der Waals surface area contributed by atoms with E-state index in [0.29, 0.717) is 16.6 Å². The number of hydrogen-bond acceptors (Lipinski definition) is 7. The van der Waals surface area contributed by atoms with Crippen molar-refractivity contribution >= 4 is 34.1 Å². The second-order valence-corrected chi connectivity index (χ2v) is 6.38. The Kier molecular flexibility index (Phi) is 6.39. The van der Waals surface area contributed by atoms with E-state index >= 15 is 0 Å². The van der Waals surface area contributed by atoms with E-state index in [4.69, 9.17) is 11.0 Å². The molecular formula is C21H21N7O2. The van der Waals surface area contributed by atoms with Gasteiger partial charge in [0.25, 0.3) is 0 Å². The largest absolute Gasteiger partial charge is 0.410 e. The highest BCUT2D eigenvalue weighted by Gasteiger charge is 2.21. The number of nitrogens with one attached hydrogen (secondary N) is 1. The molecule has 30 heavy (non-hydrogen) atoms. The van der Waals surface area contributed by atoms with Crippen LogP contribution in [0.4, 0.5) is 5.69 Å². The van der Waals surface area contributed by atoms with Gasteiger partial charge in [0.05, 0.1) is 36.6 Å². The lowest BCUT2D eigenvalue weighted by atomic mass is 10.1. The second-order valence-electron chi connectivity index (χ2n) is 6.38. The standard InChI is InChI=1S/C21H21N7O2/c1-24-15-9-7-14(8-10-15)18(29)13-28-17-6-3-2-5-16(17)26-21(28)19(27-30)20(23)25-12-4-11-22/h2-3,5-10,24,30H,4,12-13H2,1H3,(H2,23,25)/b27-19+. The summed E-state index contributed by atoms with van der Waals surface area (Å²) in [4.78, 5) is 21.5. The average Bonchev–Trinajstić information content (AvgIpc) is 3.12. The van der Waals surface area contributed by atoms with E-state index in [-0.39, 0.29) is 42.7 Å². The molecule has 0 saturated carbocycles. The number of anilines is 1. The van der Waals surface area contributed by atoms with Crippen molar-refractivity contribution in [2.75, 3.05) is 18.9 Å². The highest BCUT2D eigenvalue weighted by molar-refractivity contribution is 6.46. The number of carbonyl (C=O) groups excluding carboxylic acids is 1. The predicted molar refractivity (Wildman–Crippen MR) is 115 cm³/mol. The van der Waals surface area contributed by atoms with Crippen molar-refractivity contribution in [3.8, 4) is 6.07 Å². The molecule has 1 heterocycles. The molecule has 4 N–H and O–H groups in total. The Bertz CT molecular complexity index is 1150. The molecule has 0 bridgehead atoms. The number of Topliss-reactive ketones (excluding diaryl/α,β-unsaturated/α-hetero) is 1. The first-order valence-corrected chi connectivity index (χ1v) is 9.25. The summed E-state index contributed by atoms with van der Waals surface area (Å²) >= 11 is 0. The van der Waals surface area contributed by atoms with Crippen LogP contribution in [0.1, 0.15) is 22.6 Å². The van der Waals surface area contributed by atoms with Gasteiger partial charge in [-0.05, 0) is 36.4 Å². The molecule has 0 amide bonds. The second kappa shape index (κ2) is 9.34. The monoisotopic (exact) mass is 403 g/mol. The van der Waals surface area contributed by atoms with Gasteiger partial charge in [0.15, 0.2) is 23.2 Å². The zero-order valence-corrected chi connectivity index (χ0v) is 16.4. The van der Waals surface area contributed by atoms with Crippen molar-refractivity contribution in [1.29, 1.82) is 5.26 Å². The van der Waals surface area contributed by atoms with Crippen LogP contribution in [0.25, 0.3) is 11.0 Å². The normalized spacial score (nSPS) is 12.0. The summed E-state index contributed by atoms with van der Waals surface area (Å²) in [5.74, 6) is 0.0200. The zero-order chi connectivity index (χ0) is 21.5. The highest BCUT2D eigenvalue weighted by atomic mass is 16.4. The van der Waals surface area contributed by atoms with Crippen molar-refractivity contribution in [3.63, 3.8) is 0 Å². The van der Waals surface area contributed by atoms with Crippen LogP contribution < -0.4 is 11.1 Å². The first-order chi connectivity index (χ1) is 14.6. The van der Waals surface area contributed by atoms with Crippen molar-refractivity contribution in [1.82, 2.24) is 9.55 Å². The molecule has 0 fully saturated rings. The summed E-state index contributed by atoms with van der Waals surface area (Å²) in [5, 5.41) is 24.5. The van der Waals surface area contributed by atoms with Gasteiger partial charge in [-0.2, -0.15) is 5.26 Å². The van der Waals surface area contributed by atoms with Crippen LogP contribution in [0, 0.1) is 11.3 Å². The van der Waals surface area contributed by atoms with Crippen LogP contribution >= 0.6 is 0 Å². The molecular weight excluding hydrogens is 382 g/mol. The van der Waals surface area contributed by atoms with Gasteiger partial charge in [0.2, 0.25) is 0 Å². The summed E-state index contributed by atoms with van der Waals surface area (Å²) < 4.78 is 1.64. The number of oxime groups is 1. The molecule has 152 valence electrons. The number of aromatic nitrogens is 2. The van der Waals surface area contributed by atoms with E-state index in [9.17, 15) is 10.0 Å². The summed E-state index contributed by atoms with van der Waals surface area (Å²) in [7, 11) is 1.80. The van der Waals surface area contributed by atoms with E-state index in [1.165, 1.54) is 0 Å². The lowest BCUT2D eigenvalue weighted by Crippen LogP contribution is -2.29. The predicted octanol–water partition coefficient (Wildman–Crippen LogP) is 2.41. The first-order valence-electron chi connectivity index (χ1n) is 9.25. The first kappa shape index (κ1) is 20.5. The van der Waals surface area contributed by atoms with Gasteiger partial charge < -0.3 is 20.8 Å². The Morgan fingerprint density at radius 1 is 1.27 bits per heavy atom. The third-order valence-corrected chi connectivity index (χ3v) is 4.51. The minimum absolute atomic E-state index is 0.0285. The van der Waals surface area contributed by atoms with Gasteiger partial charge in [-0.15, -0.1) is 0 Å². The third kappa shape index (κ3) is 4.28. The summed E-state index contributed by atoms with van der Waals surface area (Å²) in [6, 6.07) is 16.4. The van der Waals surface area contributed by atoms with Crippen LogP contribution in [0.3, 0.4) is 0 Å². The molecule has 0 atom stereocenters. The van der Waals surface area contributed by atoms with Gasteiger partial charge >= 0.3 is 0 Å². The van der Waals surface area contributed by atoms with Gasteiger partial charge in [0.1, 0.15) is 0 Å². The third-order valence-electron chi connectivity index (χ3n) is 4.51. The number of amidine groups is 1. The zero-order valence-electron chi connectivity index (χ0n) is 16.4. The van der Waals surface area contributed by atoms with Gasteiger partial charge in [-0.25, -0.2) is 4.98 Å². The summed E-state index contributed by atoms with van der Waals surface area (Å²) in [6.07, 6.45) is 0.178. The lowest BCUT2D eigenvalue weighted by molar-refractivity contribution is 0.0973. The highest BCUT2D eigenvalue weighted by Crippen LogP contribution is 2.19. The van der Waals surface area contributed by atoms with Gasteiger partial charge in [-0.1, -0.05) is 17.3 Å². The Morgan fingerprint density at radius 3 is 2.67 bits per heavy atom. The fourth-order valence-electron chi connectivity index (χ4n) is 2.99. The number of rotatable bonds is 8. The fraction of sp³-hybridized carbons (Fsp3) is 0.190. The molecule has 9 nitrogen and oxygen atoms in total. The molecule has 0 radical (unpaired) electrons. The van der Waals surface area contributed by atoms with Crippen molar-refractivity contribution < 1.29 is 10.0 Å². The summed E-state index contributed by atoms with van der Waals surface area (Å²) in [6.45, 7) is 0.136. The number of nitrogens with zero attached hydrogens (tertiary/aromatic N) is 5. The van der Waals surface area contributed by atoms with E-state index in [1.807, 2.05) is 36.4 Å². The van der Waals surface area contributed by atoms with E-state index in [2.05, 4.69) is 20.4 Å². The minimum Gasteiger partial charge on any atom is -0.410 e. The number of imidazole rings is 1. The number of nitrogens with two attached hydrogens (primary N) is 1. The van der Waals surface area contributed by atoms with Crippen molar-refractivity contribution in [2.24, 2.45) is 15.9 Å². The Morgan fingerprint density at radius 2 is 2.00 bits per heavy atom. The molecule has 0 aliphatic rings. The van der Waals surface area contributed by atoms with Crippen LogP contribution in [0.15, 0.2) is 58.7 Å². The molecule has 9 heteroatoms. The summed E-state index contributed by atoms with van der Waals surface area (Å²) in [5.41, 5.74) is 8.67. The van der Waals surface area contributed by atoms with E-state index < -0.39 is 0 Å². The number of nitriles is 1. The van der Waals surface area contributed by atoms with E-state index in [1.54, 1.807) is 29.8 Å². The lowest BCUT2D eigenvalue weighted by Gasteiger charge is -2.10. The maximum Gasteiger partial charge on any atom is 0.186 e. The van der Waals surface area contributed by atoms with Gasteiger partial charge in [0, 0.05) is 18.3 Å². The topological polar surface area (TPSA) is 142 Å². The number of fused-ring (bicyclic) bond motifs is 1. The van der Waals surface area contributed by atoms with Crippen molar-refractivity contribution in [3.05, 3.63) is 59.9 Å². The van der Waals surface area contributed by atoms with Crippen LogP contribution in [-0.2, 0) is 6.54 Å². The maximum absolute atomic E-state index is 12.9. The molecule has 0 aliphatic heterocycles. The fourth-order valence-corrected chi connectivity index (χ4v) is 2.99. The molecule has 2 aromatic carbocycles. The Hall–Kier alpha value is -4.19. The Balaban J connectivity index is 2.01. The molecule has 0 aliphatic carbocycles. The van der Waals surface area contributed by atoms with Gasteiger partial charge in [-0.3, -0.25) is 9.79 Å². The molecule has 3 rings (SSSR count). The number of carbonyl (C=O) groups is 1. The van der Waals surface area contributed by atoms with Crippen LogP contribution in [0.5, 0.6) is 0 Å². The minimum atomic E-state index is -0.140. The van der Waals surface area contributed by atoms with Crippen molar-refractivity contribution in [2.45, 2.75) is 13.0 Å².